The first kappa shape index (κ1) is 13.5. The molecule has 1 atom stereocenters. The molecule has 0 saturated carbocycles. The van der Waals surface area contributed by atoms with Crippen LogP contribution in [-0.4, -0.2) is 19.6 Å². The topological polar surface area (TPSA) is 51.5 Å². The monoisotopic (exact) mass is 237 g/mol. The molecule has 0 aliphatic heterocycles. The number of carbonyl (C=O) groups is 1. The Hall–Kier alpha value is -1.55. The van der Waals surface area contributed by atoms with Crippen molar-refractivity contribution in [3.05, 3.63) is 35.8 Å². The molecule has 0 amide bonds. The van der Waals surface area contributed by atoms with Crippen LogP contribution in [0.5, 0.6) is 0 Å². The Bertz CT molecular complexity index is 382. The van der Waals surface area contributed by atoms with E-state index >= 15 is 0 Å². The molecule has 4 heteroatoms. The van der Waals surface area contributed by atoms with E-state index in [0.29, 0.717) is 0 Å². The number of methoxy groups -OCH3 is 1. The van der Waals surface area contributed by atoms with Gasteiger partial charge >= 0.3 is 5.97 Å². The van der Waals surface area contributed by atoms with Gasteiger partial charge in [0.1, 0.15) is 5.76 Å². The number of carbonyl (C=O) groups excluding carboxylic acids is 1. The minimum atomic E-state index is -0.447. The number of furan rings is 1. The van der Waals surface area contributed by atoms with Gasteiger partial charge in [-0.2, -0.15) is 0 Å². The standard InChI is InChI=1S/C13H19NO3/c1-4-5-6-9-14-10(2)11-7-8-12(17-11)13(15)16-3/h4-5,7-8,10,14H,6,9H2,1-3H3/b5-4+. The van der Waals surface area contributed by atoms with E-state index in [2.05, 4.69) is 16.1 Å². The van der Waals surface area contributed by atoms with Gasteiger partial charge in [-0.3, -0.25) is 0 Å². The zero-order chi connectivity index (χ0) is 12.7. The van der Waals surface area contributed by atoms with Crippen LogP contribution in [0.2, 0.25) is 0 Å². The number of esters is 1. The third-order valence-corrected chi connectivity index (χ3v) is 2.44. The van der Waals surface area contributed by atoms with Crippen LogP contribution in [0.4, 0.5) is 0 Å². The molecule has 94 valence electrons. The first-order valence-electron chi connectivity index (χ1n) is 5.71. The molecule has 1 aromatic heterocycles. The maximum absolute atomic E-state index is 11.2. The average Bonchev–Trinajstić information content (AvgIpc) is 2.83. The first-order chi connectivity index (χ1) is 8.19. The molecule has 4 nitrogen and oxygen atoms in total. The molecule has 1 N–H and O–H groups in total. The van der Waals surface area contributed by atoms with Crippen LogP contribution in [0.15, 0.2) is 28.7 Å². The highest BCUT2D eigenvalue weighted by atomic mass is 16.5. The average molecular weight is 237 g/mol. The van der Waals surface area contributed by atoms with Crippen LogP contribution in [0, 0.1) is 0 Å². The normalized spacial score (nSPS) is 12.9. The lowest BCUT2D eigenvalue weighted by Crippen LogP contribution is -2.18. The van der Waals surface area contributed by atoms with Crippen molar-refractivity contribution in [2.45, 2.75) is 26.3 Å². The SMILES string of the molecule is C/C=C/CCNC(C)c1ccc(C(=O)OC)o1. The maximum atomic E-state index is 11.2. The number of ether oxygens (including phenoxy) is 1. The van der Waals surface area contributed by atoms with Crippen molar-refractivity contribution in [2.24, 2.45) is 0 Å². The number of hydrogen-bond donors (Lipinski definition) is 1. The zero-order valence-electron chi connectivity index (χ0n) is 10.5. The molecular weight excluding hydrogens is 218 g/mol. The molecule has 0 aliphatic rings. The molecule has 0 radical (unpaired) electrons. The Labute approximate surface area is 102 Å². The second-order valence-corrected chi connectivity index (χ2v) is 3.73. The van der Waals surface area contributed by atoms with Crippen LogP contribution in [-0.2, 0) is 4.74 Å². The van der Waals surface area contributed by atoms with E-state index in [1.54, 1.807) is 12.1 Å². The van der Waals surface area contributed by atoms with Gasteiger partial charge in [-0.05, 0) is 38.9 Å². The Balaban J connectivity index is 2.48. The molecule has 1 heterocycles. The number of nitrogens with one attached hydrogen (secondary N) is 1. The van der Waals surface area contributed by atoms with E-state index in [0.717, 1.165) is 18.7 Å². The van der Waals surface area contributed by atoms with Gasteiger partial charge in [0.2, 0.25) is 5.76 Å². The highest BCUT2D eigenvalue weighted by Gasteiger charge is 2.14. The summed E-state index contributed by atoms with van der Waals surface area (Å²) in [4.78, 5) is 11.2. The summed E-state index contributed by atoms with van der Waals surface area (Å²) in [5, 5.41) is 3.31. The molecule has 0 aromatic carbocycles. The molecule has 0 bridgehead atoms. The fourth-order valence-corrected chi connectivity index (χ4v) is 1.45. The van der Waals surface area contributed by atoms with E-state index in [-0.39, 0.29) is 11.8 Å². The number of allylic oxidation sites excluding steroid dienone is 1. The summed E-state index contributed by atoms with van der Waals surface area (Å²) in [5.74, 6) is 0.535. The van der Waals surface area contributed by atoms with Gasteiger partial charge in [-0.25, -0.2) is 4.79 Å². The third kappa shape index (κ3) is 4.07. The molecule has 1 rings (SSSR count). The Morgan fingerprint density at radius 1 is 1.59 bits per heavy atom. The zero-order valence-corrected chi connectivity index (χ0v) is 10.5. The molecular formula is C13H19NO3. The van der Waals surface area contributed by atoms with Gasteiger partial charge in [0.05, 0.1) is 13.2 Å². The predicted molar refractivity (Wildman–Crippen MR) is 65.9 cm³/mol. The number of hydrogen-bond acceptors (Lipinski definition) is 4. The third-order valence-electron chi connectivity index (χ3n) is 2.44. The van der Waals surface area contributed by atoms with Crippen molar-refractivity contribution < 1.29 is 13.9 Å². The molecule has 0 saturated heterocycles. The Morgan fingerprint density at radius 2 is 2.35 bits per heavy atom. The Kier molecular flexibility index (Phi) is 5.49. The lowest BCUT2D eigenvalue weighted by atomic mass is 10.2. The van der Waals surface area contributed by atoms with Gasteiger partial charge in [0.25, 0.3) is 0 Å². The highest BCUT2D eigenvalue weighted by Crippen LogP contribution is 2.16. The van der Waals surface area contributed by atoms with E-state index < -0.39 is 5.97 Å². The van der Waals surface area contributed by atoms with Crippen LogP contribution < -0.4 is 5.32 Å². The van der Waals surface area contributed by atoms with Gasteiger partial charge < -0.3 is 14.5 Å². The van der Waals surface area contributed by atoms with Gasteiger partial charge in [0.15, 0.2) is 0 Å². The van der Waals surface area contributed by atoms with Gasteiger partial charge in [-0.15, -0.1) is 0 Å². The van der Waals surface area contributed by atoms with Crippen LogP contribution in [0.25, 0.3) is 0 Å². The summed E-state index contributed by atoms with van der Waals surface area (Å²) >= 11 is 0. The fourth-order valence-electron chi connectivity index (χ4n) is 1.45. The summed E-state index contributed by atoms with van der Waals surface area (Å²) in [7, 11) is 1.34. The minimum absolute atomic E-state index is 0.0821. The second kappa shape index (κ2) is 6.91. The summed E-state index contributed by atoms with van der Waals surface area (Å²) in [6.07, 6.45) is 5.10. The van der Waals surface area contributed by atoms with Crippen molar-refractivity contribution in [3.63, 3.8) is 0 Å². The maximum Gasteiger partial charge on any atom is 0.373 e. The summed E-state index contributed by atoms with van der Waals surface area (Å²) < 4.78 is 9.98. The largest absolute Gasteiger partial charge is 0.463 e. The second-order valence-electron chi connectivity index (χ2n) is 3.73. The molecule has 0 fully saturated rings. The van der Waals surface area contributed by atoms with Crippen molar-refractivity contribution in [2.75, 3.05) is 13.7 Å². The molecule has 1 unspecified atom stereocenters. The lowest BCUT2D eigenvalue weighted by Gasteiger charge is -2.09. The summed E-state index contributed by atoms with van der Waals surface area (Å²) in [6, 6.07) is 3.50. The summed E-state index contributed by atoms with van der Waals surface area (Å²) in [6.45, 7) is 4.87. The van der Waals surface area contributed by atoms with Crippen LogP contribution in [0.1, 0.15) is 42.6 Å². The number of rotatable bonds is 6. The van der Waals surface area contributed by atoms with E-state index in [4.69, 9.17) is 4.42 Å². The van der Waals surface area contributed by atoms with E-state index in [1.165, 1.54) is 7.11 Å². The van der Waals surface area contributed by atoms with Crippen molar-refractivity contribution in [1.82, 2.24) is 5.32 Å². The van der Waals surface area contributed by atoms with Crippen molar-refractivity contribution >= 4 is 5.97 Å². The molecule has 17 heavy (non-hydrogen) atoms. The van der Waals surface area contributed by atoms with Crippen LogP contribution >= 0.6 is 0 Å². The summed E-state index contributed by atoms with van der Waals surface area (Å²) in [5.41, 5.74) is 0. The predicted octanol–water partition coefficient (Wildman–Crippen LogP) is 2.68. The lowest BCUT2D eigenvalue weighted by molar-refractivity contribution is 0.0562. The molecule has 1 aromatic rings. The Morgan fingerprint density at radius 3 is 3.00 bits per heavy atom. The van der Waals surface area contributed by atoms with Gasteiger partial charge in [-0.1, -0.05) is 12.2 Å². The first-order valence-corrected chi connectivity index (χ1v) is 5.71. The fraction of sp³-hybridized carbons (Fsp3) is 0.462. The molecule has 0 spiro atoms. The van der Waals surface area contributed by atoms with Gasteiger partial charge in [0, 0.05) is 0 Å². The minimum Gasteiger partial charge on any atom is -0.463 e. The smallest absolute Gasteiger partial charge is 0.373 e. The highest BCUT2D eigenvalue weighted by molar-refractivity contribution is 5.86. The molecule has 0 aliphatic carbocycles. The van der Waals surface area contributed by atoms with Crippen LogP contribution in [0.3, 0.4) is 0 Å². The quantitative estimate of drug-likeness (QED) is 0.469. The van der Waals surface area contributed by atoms with E-state index in [9.17, 15) is 4.79 Å². The van der Waals surface area contributed by atoms with Crippen molar-refractivity contribution in [1.29, 1.82) is 0 Å². The van der Waals surface area contributed by atoms with E-state index in [1.807, 2.05) is 19.9 Å². The van der Waals surface area contributed by atoms with Crippen molar-refractivity contribution in [3.8, 4) is 0 Å².